The van der Waals surface area contributed by atoms with Crippen LogP contribution in [0, 0.1) is 23.2 Å². The van der Waals surface area contributed by atoms with Gasteiger partial charge in [0.05, 0.1) is 0 Å². The van der Waals surface area contributed by atoms with Crippen molar-refractivity contribution in [2.75, 3.05) is 13.1 Å². The second kappa shape index (κ2) is 3.71. The zero-order chi connectivity index (χ0) is 12.2. The molecule has 0 bridgehead atoms. The molecule has 3 fully saturated rings. The summed E-state index contributed by atoms with van der Waals surface area (Å²) in [6, 6.07) is 0.241. The van der Waals surface area contributed by atoms with E-state index >= 15 is 0 Å². The third-order valence-corrected chi connectivity index (χ3v) is 5.32. The van der Waals surface area contributed by atoms with Gasteiger partial charge in [0.1, 0.15) is 0 Å². The molecule has 3 unspecified atom stereocenters. The van der Waals surface area contributed by atoms with Gasteiger partial charge in [0.2, 0.25) is 5.91 Å². The fourth-order valence-corrected chi connectivity index (χ4v) is 3.96. The Bertz CT molecular complexity index is 329. The summed E-state index contributed by atoms with van der Waals surface area (Å²) in [6.45, 7) is 6.10. The first-order valence-electron chi connectivity index (χ1n) is 7.05. The SMILES string of the molecule is CC1(C)CN(C(=O)C2C3CCCC32)CCC1N. The zero-order valence-corrected chi connectivity index (χ0v) is 11.0. The quantitative estimate of drug-likeness (QED) is 0.752. The molecule has 1 amide bonds. The summed E-state index contributed by atoms with van der Waals surface area (Å²) in [4.78, 5) is 14.5. The second-order valence-corrected chi connectivity index (χ2v) is 6.93. The van der Waals surface area contributed by atoms with Crippen LogP contribution in [0.4, 0.5) is 0 Å². The number of hydrogen-bond donors (Lipinski definition) is 1. The lowest BCUT2D eigenvalue weighted by Gasteiger charge is -2.42. The second-order valence-electron chi connectivity index (χ2n) is 6.93. The molecular weight excluding hydrogens is 212 g/mol. The average Bonchev–Trinajstić information content (AvgIpc) is 2.74. The Morgan fingerprint density at radius 2 is 1.88 bits per heavy atom. The van der Waals surface area contributed by atoms with E-state index in [0.717, 1.165) is 31.3 Å². The van der Waals surface area contributed by atoms with Crippen LogP contribution in [-0.4, -0.2) is 29.9 Å². The Balaban J connectivity index is 1.64. The Labute approximate surface area is 104 Å². The van der Waals surface area contributed by atoms with Crippen LogP contribution >= 0.6 is 0 Å². The Morgan fingerprint density at radius 1 is 1.24 bits per heavy atom. The van der Waals surface area contributed by atoms with Gasteiger partial charge in [0.25, 0.3) is 0 Å². The van der Waals surface area contributed by atoms with Gasteiger partial charge in [-0.05, 0) is 36.5 Å². The number of rotatable bonds is 1. The molecule has 0 spiro atoms. The van der Waals surface area contributed by atoms with E-state index in [1.54, 1.807) is 0 Å². The van der Waals surface area contributed by atoms with E-state index in [9.17, 15) is 4.79 Å². The van der Waals surface area contributed by atoms with Gasteiger partial charge in [-0.3, -0.25) is 4.79 Å². The standard InChI is InChI=1S/C14H24N2O/c1-14(2)8-16(7-6-11(14)15)13(17)12-9-4-3-5-10(9)12/h9-12H,3-8,15H2,1-2H3. The minimum absolute atomic E-state index is 0.0813. The molecule has 17 heavy (non-hydrogen) atoms. The summed E-state index contributed by atoms with van der Waals surface area (Å²) >= 11 is 0. The van der Waals surface area contributed by atoms with E-state index in [2.05, 4.69) is 18.7 Å². The van der Waals surface area contributed by atoms with Crippen LogP contribution in [0.25, 0.3) is 0 Å². The number of nitrogens with two attached hydrogens (primary N) is 1. The molecule has 1 saturated heterocycles. The van der Waals surface area contributed by atoms with Crippen LogP contribution in [0.3, 0.4) is 0 Å². The van der Waals surface area contributed by atoms with Gasteiger partial charge < -0.3 is 10.6 Å². The molecule has 0 aromatic carbocycles. The molecule has 2 saturated carbocycles. The van der Waals surface area contributed by atoms with Gasteiger partial charge in [-0.2, -0.15) is 0 Å². The number of piperidine rings is 1. The molecule has 3 aliphatic rings. The summed E-state index contributed by atoms with van der Waals surface area (Å²) in [6.07, 6.45) is 4.88. The van der Waals surface area contributed by atoms with E-state index in [1.807, 2.05) is 0 Å². The molecule has 3 rings (SSSR count). The lowest BCUT2D eigenvalue weighted by atomic mass is 9.79. The van der Waals surface area contributed by atoms with Crippen molar-refractivity contribution in [2.45, 2.75) is 45.6 Å². The number of amides is 1. The molecule has 3 heteroatoms. The van der Waals surface area contributed by atoms with Gasteiger partial charge in [0.15, 0.2) is 0 Å². The van der Waals surface area contributed by atoms with Crippen molar-refractivity contribution in [3.63, 3.8) is 0 Å². The topological polar surface area (TPSA) is 46.3 Å². The molecule has 1 aliphatic heterocycles. The Hall–Kier alpha value is -0.570. The van der Waals surface area contributed by atoms with Crippen molar-refractivity contribution in [2.24, 2.45) is 28.9 Å². The van der Waals surface area contributed by atoms with E-state index in [-0.39, 0.29) is 11.5 Å². The number of nitrogens with zero attached hydrogens (tertiary/aromatic N) is 1. The van der Waals surface area contributed by atoms with Gasteiger partial charge in [0, 0.05) is 25.0 Å². The molecule has 2 N–H and O–H groups in total. The first-order valence-corrected chi connectivity index (χ1v) is 7.05. The third-order valence-electron chi connectivity index (χ3n) is 5.32. The minimum Gasteiger partial charge on any atom is -0.342 e. The van der Waals surface area contributed by atoms with Crippen LogP contribution in [0.2, 0.25) is 0 Å². The highest BCUT2D eigenvalue weighted by molar-refractivity contribution is 5.82. The third kappa shape index (κ3) is 1.79. The Morgan fingerprint density at radius 3 is 2.47 bits per heavy atom. The molecule has 0 radical (unpaired) electrons. The molecular formula is C14H24N2O. The largest absolute Gasteiger partial charge is 0.342 e. The first-order chi connectivity index (χ1) is 8.00. The average molecular weight is 236 g/mol. The van der Waals surface area contributed by atoms with Crippen LogP contribution in [0.15, 0.2) is 0 Å². The molecule has 96 valence electrons. The molecule has 0 aromatic heterocycles. The zero-order valence-electron chi connectivity index (χ0n) is 11.0. The number of carbonyl (C=O) groups is 1. The molecule has 2 aliphatic carbocycles. The van der Waals surface area contributed by atoms with Crippen molar-refractivity contribution in [3.8, 4) is 0 Å². The van der Waals surface area contributed by atoms with Gasteiger partial charge in [-0.1, -0.05) is 20.3 Å². The van der Waals surface area contributed by atoms with Crippen LogP contribution in [-0.2, 0) is 4.79 Å². The van der Waals surface area contributed by atoms with Crippen LogP contribution in [0.5, 0.6) is 0 Å². The van der Waals surface area contributed by atoms with Gasteiger partial charge >= 0.3 is 0 Å². The van der Waals surface area contributed by atoms with Crippen LogP contribution in [0.1, 0.15) is 39.5 Å². The van der Waals surface area contributed by atoms with Gasteiger partial charge in [-0.25, -0.2) is 0 Å². The highest BCUT2D eigenvalue weighted by atomic mass is 16.2. The van der Waals surface area contributed by atoms with Crippen molar-refractivity contribution in [1.29, 1.82) is 0 Å². The number of carbonyl (C=O) groups excluding carboxylic acids is 1. The summed E-state index contributed by atoms with van der Waals surface area (Å²) in [5.74, 6) is 2.29. The Kier molecular flexibility index (Phi) is 2.51. The van der Waals surface area contributed by atoms with Crippen molar-refractivity contribution in [3.05, 3.63) is 0 Å². The van der Waals surface area contributed by atoms with E-state index < -0.39 is 0 Å². The molecule has 3 nitrogen and oxygen atoms in total. The molecule has 1 heterocycles. The highest BCUT2D eigenvalue weighted by Crippen LogP contribution is 2.58. The predicted molar refractivity (Wildman–Crippen MR) is 67.3 cm³/mol. The summed E-state index contributed by atoms with van der Waals surface area (Å²) in [5, 5.41) is 0. The van der Waals surface area contributed by atoms with Crippen molar-refractivity contribution in [1.82, 2.24) is 4.90 Å². The van der Waals surface area contributed by atoms with E-state index in [0.29, 0.717) is 11.8 Å². The maximum absolute atomic E-state index is 12.5. The normalized spacial score (nSPS) is 43.4. The first kappa shape index (κ1) is 11.5. The number of hydrogen-bond acceptors (Lipinski definition) is 2. The monoisotopic (exact) mass is 236 g/mol. The number of fused-ring (bicyclic) bond motifs is 1. The maximum Gasteiger partial charge on any atom is 0.226 e. The van der Waals surface area contributed by atoms with Crippen molar-refractivity contribution < 1.29 is 4.79 Å². The summed E-state index contributed by atoms with van der Waals surface area (Å²) in [5.41, 5.74) is 6.20. The van der Waals surface area contributed by atoms with Crippen LogP contribution < -0.4 is 5.73 Å². The number of likely N-dealkylation sites (tertiary alicyclic amines) is 1. The van der Waals surface area contributed by atoms with E-state index in [4.69, 9.17) is 5.73 Å². The molecule has 0 aromatic rings. The predicted octanol–water partition coefficient (Wildman–Crippen LogP) is 1.62. The highest BCUT2D eigenvalue weighted by Gasteiger charge is 2.58. The van der Waals surface area contributed by atoms with Crippen molar-refractivity contribution >= 4 is 5.91 Å². The maximum atomic E-state index is 12.5. The fourth-order valence-electron chi connectivity index (χ4n) is 3.96. The summed E-state index contributed by atoms with van der Waals surface area (Å²) in [7, 11) is 0. The lowest BCUT2D eigenvalue weighted by Crippen LogP contribution is -2.54. The molecule has 3 atom stereocenters. The minimum atomic E-state index is 0.0813. The van der Waals surface area contributed by atoms with Gasteiger partial charge in [-0.15, -0.1) is 0 Å². The lowest BCUT2D eigenvalue weighted by molar-refractivity contribution is -0.136. The smallest absolute Gasteiger partial charge is 0.226 e. The summed E-state index contributed by atoms with van der Waals surface area (Å²) < 4.78 is 0. The van der Waals surface area contributed by atoms with E-state index in [1.165, 1.54) is 19.3 Å². The fraction of sp³-hybridized carbons (Fsp3) is 0.929.